The summed E-state index contributed by atoms with van der Waals surface area (Å²) in [5.41, 5.74) is 1.93. The third-order valence-electron chi connectivity index (χ3n) is 3.39. The molecule has 5 heteroatoms. The lowest BCUT2D eigenvalue weighted by molar-refractivity contribution is 0.210. The van der Waals surface area contributed by atoms with Crippen molar-refractivity contribution in [1.82, 2.24) is 19.9 Å². The van der Waals surface area contributed by atoms with E-state index in [1.807, 2.05) is 23.7 Å². The fourth-order valence-corrected chi connectivity index (χ4v) is 2.38. The second-order valence-electron chi connectivity index (χ2n) is 4.85. The van der Waals surface area contributed by atoms with E-state index in [4.69, 9.17) is 4.74 Å². The third kappa shape index (κ3) is 2.31. The van der Waals surface area contributed by atoms with Gasteiger partial charge in [-0.2, -0.15) is 5.10 Å². The van der Waals surface area contributed by atoms with Gasteiger partial charge >= 0.3 is 0 Å². The van der Waals surface area contributed by atoms with Crippen molar-refractivity contribution < 1.29 is 4.74 Å². The van der Waals surface area contributed by atoms with Crippen molar-refractivity contribution in [3.8, 4) is 5.88 Å². The Labute approximate surface area is 106 Å². The molecule has 1 fully saturated rings. The molecule has 1 saturated heterocycles. The van der Waals surface area contributed by atoms with Crippen LogP contribution in [0.1, 0.15) is 18.5 Å². The van der Waals surface area contributed by atoms with Gasteiger partial charge in [0, 0.05) is 12.4 Å². The van der Waals surface area contributed by atoms with Gasteiger partial charge in [0.2, 0.25) is 5.88 Å². The van der Waals surface area contributed by atoms with Crippen molar-refractivity contribution in [2.45, 2.75) is 19.8 Å². The molecule has 18 heavy (non-hydrogen) atoms. The third-order valence-corrected chi connectivity index (χ3v) is 3.39. The Kier molecular flexibility index (Phi) is 3.15. The van der Waals surface area contributed by atoms with Gasteiger partial charge in [-0.1, -0.05) is 0 Å². The molecule has 0 aliphatic carbocycles. The highest BCUT2D eigenvalue weighted by atomic mass is 16.5. The minimum absolute atomic E-state index is 0.636. The number of ether oxygens (including phenoxy) is 1. The van der Waals surface area contributed by atoms with Gasteiger partial charge < -0.3 is 10.1 Å². The molecule has 0 atom stereocenters. The zero-order valence-corrected chi connectivity index (χ0v) is 10.6. The lowest BCUT2D eigenvalue weighted by atomic mass is 9.99. The first-order chi connectivity index (χ1) is 8.83. The molecule has 1 aliphatic rings. The highest BCUT2D eigenvalue weighted by Crippen LogP contribution is 2.19. The summed E-state index contributed by atoms with van der Waals surface area (Å²) in [5.74, 6) is 1.33. The average Bonchev–Trinajstić information content (AvgIpc) is 2.78. The van der Waals surface area contributed by atoms with E-state index >= 15 is 0 Å². The van der Waals surface area contributed by atoms with E-state index in [2.05, 4.69) is 15.4 Å². The summed E-state index contributed by atoms with van der Waals surface area (Å²) < 4.78 is 7.69. The van der Waals surface area contributed by atoms with Crippen molar-refractivity contribution in [2.24, 2.45) is 5.92 Å². The maximum atomic E-state index is 5.87. The van der Waals surface area contributed by atoms with Gasteiger partial charge in [0.15, 0.2) is 0 Å². The lowest BCUT2D eigenvalue weighted by Crippen LogP contribution is -2.30. The molecule has 0 aromatic carbocycles. The zero-order valence-electron chi connectivity index (χ0n) is 10.6. The smallest absolute Gasteiger partial charge is 0.240 e. The van der Waals surface area contributed by atoms with E-state index in [1.165, 1.54) is 12.8 Å². The van der Waals surface area contributed by atoms with Gasteiger partial charge in [-0.3, -0.25) is 0 Å². The Hall–Kier alpha value is -1.62. The van der Waals surface area contributed by atoms with Crippen LogP contribution in [0.25, 0.3) is 5.52 Å². The van der Waals surface area contributed by atoms with Gasteiger partial charge in [0.05, 0.1) is 12.3 Å². The van der Waals surface area contributed by atoms with Crippen molar-refractivity contribution >= 4 is 5.52 Å². The highest BCUT2D eigenvalue weighted by Gasteiger charge is 2.15. The first-order valence-corrected chi connectivity index (χ1v) is 6.47. The molecule has 0 amide bonds. The number of piperidine rings is 1. The number of hydrogen-bond acceptors (Lipinski definition) is 4. The molecule has 0 bridgehead atoms. The van der Waals surface area contributed by atoms with Crippen LogP contribution in [0.4, 0.5) is 0 Å². The van der Waals surface area contributed by atoms with Crippen LogP contribution < -0.4 is 10.1 Å². The molecule has 0 radical (unpaired) electrons. The van der Waals surface area contributed by atoms with Crippen molar-refractivity contribution in [3.63, 3.8) is 0 Å². The predicted molar refractivity (Wildman–Crippen MR) is 68.8 cm³/mol. The average molecular weight is 246 g/mol. The van der Waals surface area contributed by atoms with Crippen LogP contribution in [-0.2, 0) is 0 Å². The largest absolute Gasteiger partial charge is 0.476 e. The Bertz CT molecular complexity index is 531. The number of aromatic nitrogens is 3. The first-order valence-electron chi connectivity index (χ1n) is 6.47. The van der Waals surface area contributed by atoms with E-state index in [0.717, 1.165) is 30.9 Å². The van der Waals surface area contributed by atoms with Gasteiger partial charge in [0.25, 0.3) is 0 Å². The minimum Gasteiger partial charge on any atom is -0.476 e. The summed E-state index contributed by atoms with van der Waals surface area (Å²) >= 11 is 0. The summed E-state index contributed by atoms with van der Waals surface area (Å²) in [4.78, 5) is 4.31. The second-order valence-corrected chi connectivity index (χ2v) is 4.85. The molecule has 3 rings (SSSR count). The molecular weight excluding hydrogens is 228 g/mol. The zero-order chi connectivity index (χ0) is 12.4. The van der Waals surface area contributed by atoms with Crippen LogP contribution in [0.3, 0.4) is 0 Å². The number of rotatable bonds is 3. The van der Waals surface area contributed by atoms with E-state index in [1.54, 1.807) is 6.20 Å². The molecule has 0 unspecified atom stereocenters. The fraction of sp³-hybridized carbons (Fsp3) is 0.538. The molecule has 0 spiro atoms. The number of nitrogens with zero attached hydrogens (tertiary/aromatic N) is 3. The number of aryl methyl sites for hydroxylation is 1. The van der Waals surface area contributed by atoms with Crippen LogP contribution in [0, 0.1) is 12.8 Å². The van der Waals surface area contributed by atoms with Gasteiger partial charge in [-0.15, -0.1) is 0 Å². The second kappa shape index (κ2) is 4.94. The van der Waals surface area contributed by atoms with Gasteiger partial charge in [0.1, 0.15) is 5.52 Å². The number of fused-ring (bicyclic) bond motifs is 1. The monoisotopic (exact) mass is 246 g/mol. The van der Waals surface area contributed by atoms with Crippen molar-refractivity contribution in [1.29, 1.82) is 0 Å². The summed E-state index contributed by atoms with van der Waals surface area (Å²) in [6, 6.07) is 2.00. The molecule has 2 aromatic rings. The van der Waals surface area contributed by atoms with Crippen LogP contribution >= 0.6 is 0 Å². The highest BCUT2D eigenvalue weighted by molar-refractivity contribution is 5.56. The van der Waals surface area contributed by atoms with Crippen LogP contribution in [0.15, 0.2) is 18.5 Å². The SMILES string of the molecule is Cc1cc2c(OCC3CCNCC3)nccn2n1. The summed E-state index contributed by atoms with van der Waals surface area (Å²) in [6.07, 6.45) is 5.94. The van der Waals surface area contributed by atoms with Crippen molar-refractivity contribution in [2.75, 3.05) is 19.7 Å². The van der Waals surface area contributed by atoms with E-state index in [-0.39, 0.29) is 0 Å². The fourth-order valence-electron chi connectivity index (χ4n) is 2.38. The molecule has 5 nitrogen and oxygen atoms in total. The molecule has 96 valence electrons. The normalized spacial score (nSPS) is 17.2. The van der Waals surface area contributed by atoms with Crippen LogP contribution in [0.2, 0.25) is 0 Å². The van der Waals surface area contributed by atoms with Gasteiger partial charge in [-0.05, 0) is 44.8 Å². The Morgan fingerprint density at radius 2 is 2.28 bits per heavy atom. The topological polar surface area (TPSA) is 51.5 Å². The predicted octanol–water partition coefficient (Wildman–Crippen LogP) is 1.42. The first kappa shape index (κ1) is 11.5. The molecule has 2 aromatic heterocycles. The van der Waals surface area contributed by atoms with Crippen molar-refractivity contribution in [3.05, 3.63) is 24.2 Å². The van der Waals surface area contributed by atoms with E-state index < -0.39 is 0 Å². The van der Waals surface area contributed by atoms with Gasteiger partial charge in [-0.25, -0.2) is 9.50 Å². The Morgan fingerprint density at radius 1 is 1.44 bits per heavy atom. The number of nitrogens with one attached hydrogen (secondary N) is 1. The molecule has 3 heterocycles. The van der Waals surface area contributed by atoms with Crippen LogP contribution in [0.5, 0.6) is 5.88 Å². The van der Waals surface area contributed by atoms with E-state index in [0.29, 0.717) is 11.8 Å². The quantitative estimate of drug-likeness (QED) is 0.889. The maximum absolute atomic E-state index is 5.87. The Balaban J connectivity index is 1.73. The van der Waals surface area contributed by atoms with Crippen LogP contribution in [-0.4, -0.2) is 34.3 Å². The summed E-state index contributed by atoms with van der Waals surface area (Å²) in [5, 5.41) is 7.72. The molecule has 1 aliphatic heterocycles. The molecule has 1 N–H and O–H groups in total. The standard InChI is InChI=1S/C13H18N4O/c1-10-8-12-13(15-6-7-17(12)16-10)18-9-11-2-4-14-5-3-11/h6-8,11,14H,2-5,9H2,1H3. The number of hydrogen-bond donors (Lipinski definition) is 1. The Morgan fingerprint density at radius 3 is 3.11 bits per heavy atom. The molecule has 0 saturated carbocycles. The summed E-state index contributed by atoms with van der Waals surface area (Å²) in [6.45, 7) is 4.91. The molecular formula is C13H18N4O. The minimum atomic E-state index is 0.636. The maximum Gasteiger partial charge on any atom is 0.240 e. The van der Waals surface area contributed by atoms with E-state index in [9.17, 15) is 0 Å². The summed E-state index contributed by atoms with van der Waals surface area (Å²) in [7, 11) is 0. The lowest BCUT2D eigenvalue weighted by Gasteiger charge is -2.22.